The van der Waals surface area contributed by atoms with E-state index in [9.17, 15) is 4.79 Å². The maximum absolute atomic E-state index is 12.4. The summed E-state index contributed by atoms with van der Waals surface area (Å²) in [4.78, 5) is 20.8. The van der Waals surface area contributed by atoms with E-state index in [1.165, 1.54) is 0 Å². The number of ether oxygens (including phenoxy) is 1. The van der Waals surface area contributed by atoms with E-state index in [0.717, 1.165) is 16.5 Å². The minimum absolute atomic E-state index is 0.0641. The smallest absolute Gasteiger partial charge is 0.229 e. The SMILES string of the molecule is CC(C)(C)C(=O)Nc1cc(OCc2ccncc2)cc2cccnc12. The average molecular weight is 335 g/mol. The fraction of sp³-hybridized carbons (Fsp3) is 0.250. The molecule has 128 valence electrons. The van der Waals surface area contributed by atoms with Gasteiger partial charge in [-0.15, -0.1) is 0 Å². The molecule has 1 amide bonds. The highest BCUT2D eigenvalue weighted by atomic mass is 16.5. The van der Waals surface area contributed by atoms with E-state index in [1.54, 1.807) is 18.6 Å². The molecule has 0 aliphatic rings. The van der Waals surface area contributed by atoms with E-state index in [4.69, 9.17) is 4.74 Å². The maximum Gasteiger partial charge on any atom is 0.229 e. The van der Waals surface area contributed by atoms with Crippen LogP contribution in [0.5, 0.6) is 5.75 Å². The summed E-state index contributed by atoms with van der Waals surface area (Å²) in [6.45, 7) is 6.06. The Hall–Kier alpha value is -2.95. The highest BCUT2D eigenvalue weighted by Crippen LogP contribution is 2.29. The Labute approximate surface area is 147 Å². The zero-order valence-corrected chi connectivity index (χ0v) is 14.6. The number of hydrogen-bond acceptors (Lipinski definition) is 4. The molecule has 0 radical (unpaired) electrons. The van der Waals surface area contributed by atoms with Crippen LogP contribution in [-0.4, -0.2) is 15.9 Å². The first-order chi connectivity index (χ1) is 11.9. The second kappa shape index (κ2) is 6.89. The van der Waals surface area contributed by atoms with Gasteiger partial charge in [0.15, 0.2) is 0 Å². The number of amides is 1. The molecule has 1 aromatic carbocycles. The zero-order valence-electron chi connectivity index (χ0n) is 14.6. The molecular formula is C20H21N3O2. The van der Waals surface area contributed by atoms with Crippen molar-refractivity contribution in [3.05, 3.63) is 60.6 Å². The number of benzene rings is 1. The average Bonchev–Trinajstić information content (AvgIpc) is 2.60. The second-order valence-electron chi connectivity index (χ2n) is 6.89. The Morgan fingerprint density at radius 3 is 2.60 bits per heavy atom. The number of rotatable bonds is 4. The van der Waals surface area contributed by atoms with Gasteiger partial charge in [0.25, 0.3) is 0 Å². The van der Waals surface area contributed by atoms with E-state index in [1.807, 2.05) is 57.2 Å². The third kappa shape index (κ3) is 4.12. The zero-order chi connectivity index (χ0) is 17.9. The van der Waals surface area contributed by atoms with E-state index in [0.29, 0.717) is 18.0 Å². The van der Waals surface area contributed by atoms with Gasteiger partial charge in [-0.05, 0) is 29.8 Å². The molecule has 0 saturated heterocycles. The molecule has 0 saturated carbocycles. The summed E-state index contributed by atoms with van der Waals surface area (Å²) in [7, 11) is 0. The molecule has 5 heteroatoms. The van der Waals surface area contributed by atoms with Crippen molar-refractivity contribution in [2.45, 2.75) is 27.4 Å². The van der Waals surface area contributed by atoms with Crippen LogP contribution in [0.2, 0.25) is 0 Å². The highest BCUT2D eigenvalue weighted by molar-refractivity contribution is 6.02. The van der Waals surface area contributed by atoms with Gasteiger partial charge in [-0.1, -0.05) is 26.8 Å². The molecule has 1 N–H and O–H groups in total. The van der Waals surface area contributed by atoms with Crippen LogP contribution in [0, 0.1) is 5.41 Å². The summed E-state index contributed by atoms with van der Waals surface area (Å²) in [5.74, 6) is 0.618. The molecule has 3 aromatic rings. The van der Waals surface area contributed by atoms with Gasteiger partial charge in [0, 0.05) is 35.5 Å². The first-order valence-corrected chi connectivity index (χ1v) is 8.15. The van der Waals surface area contributed by atoms with Crippen molar-refractivity contribution in [1.29, 1.82) is 0 Å². The molecule has 0 atom stereocenters. The summed E-state index contributed by atoms with van der Waals surface area (Å²) in [6, 6.07) is 11.4. The predicted molar refractivity (Wildman–Crippen MR) is 98.4 cm³/mol. The number of nitrogens with zero attached hydrogens (tertiary/aromatic N) is 2. The minimum Gasteiger partial charge on any atom is -0.489 e. The number of nitrogens with one attached hydrogen (secondary N) is 1. The molecule has 0 aliphatic carbocycles. The van der Waals surface area contributed by atoms with E-state index < -0.39 is 5.41 Å². The van der Waals surface area contributed by atoms with Crippen LogP contribution in [0.3, 0.4) is 0 Å². The number of hydrogen-bond donors (Lipinski definition) is 1. The lowest BCUT2D eigenvalue weighted by Gasteiger charge is -2.19. The standard InChI is InChI=1S/C20H21N3O2/c1-20(2,3)19(24)23-17-12-16(11-15-5-4-8-22-18(15)17)25-13-14-6-9-21-10-7-14/h4-12H,13H2,1-3H3,(H,23,24). The van der Waals surface area contributed by atoms with Crippen molar-refractivity contribution in [2.75, 3.05) is 5.32 Å². The van der Waals surface area contributed by atoms with Gasteiger partial charge in [-0.25, -0.2) is 0 Å². The number of carbonyl (C=O) groups is 1. The fourth-order valence-corrected chi connectivity index (χ4v) is 2.30. The highest BCUT2D eigenvalue weighted by Gasteiger charge is 2.22. The van der Waals surface area contributed by atoms with E-state index >= 15 is 0 Å². The maximum atomic E-state index is 12.4. The third-order valence-corrected chi connectivity index (χ3v) is 3.76. The van der Waals surface area contributed by atoms with Crippen molar-refractivity contribution >= 4 is 22.5 Å². The minimum atomic E-state index is -0.491. The van der Waals surface area contributed by atoms with Crippen LogP contribution in [-0.2, 0) is 11.4 Å². The first-order valence-electron chi connectivity index (χ1n) is 8.15. The lowest BCUT2D eigenvalue weighted by atomic mass is 9.95. The Bertz CT molecular complexity index is 886. The lowest BCUT2D eigenvalue weighted by molar-refractivity contribution is -0.123. The van der Waals surface area contributed by atoms with Crippen molar-refractivity contribution in [3.8, 4) is 5.75 Å². The normalized spacial score (nSPS) is 11.3. The molecule has 0 aliphatic heterocycles. The number of carbonyl (C=O) groups excluding carboxylic acids is 1. The Balaban J connectivity index is 1.90. The first kappa shape index (κ1) is 16.9. The van der Waals surface area contributed by atoms with Gasteiger partial charge in [-0.2, -0.15) is 0 Å². The number of fused-ring (bicyclic) bond motifs is 1. The Morgan fingerprint density at radius 1 is 1.12 bits per heavy atom. The summed E-state index contributed by atoms with van der Waals surface area (Å²) >= 11 is 0. The van der Waals surface area contributed by atoms with Crippen LogP contribution in [0.4, 0.5) is 5.69 Å². The Kier molecular flexibility index (Phi) is 4.65. The van der Waals surface area contributed by atoms with Gasteiger partial charge in [-0.3, -0.25) is 14.8 Å². The van der Waals surface area contributed by atoms with Gasteiger partial charge < -0.3 is 10.1 Å². The monoisotopic (exact) mass is 335 g/mol. The summed E-state index contributed by atoms with van der Waals surface area (Å²) in [6.07, 6.45) is 5.18. The van der Waals surface area contributed by atoms with E-state index in [-0.39, 0.29) is 5.91 Å². The van der Waals surface area contributed by atoms with Crippen molar-refractivity contribution in [2.24, 2.45) is 5.41 Å². The van der Waals surface area contributed by atoms with Crippen molar-refractivity contribution < 1.29 is 9.53 Å². The molecule has 2 heterocycles. The molecule has 2 aromatic heterocycles. The van der Waals surface area contributed by atoms with Crippen LogP contribution >= 0.6 is 0 Å². The van der Waals surface area contributed by atoms with E-state index in [2.05, 4.69) is 15.3 Å². The largest absolute Gasteiger partial charge is 0.489 e. The fourth-order valence-electron chi connectivity index (χ4n) is 2.30. The molecule has 3 rings (SSSR count). The summed E-state index contributed by atoms with van der Waals surface area (Å²) < 4.78 is 5.90. The quantitative estimate of drug-likeness (QED) is 0.776. The molecule has 0 bridgehead atoms. The summed E-state index contributed by atoms with van der Waals surface area (Å²) in [5, 5.41) is 3.89. The second-order valence-corrected chi connectivity index (χ2v) is 6.89. The predicted octanol–water partition coefficient (Wildman–Crippen LogP) is 4.19. The molecule has 0 fully saturated rings. The number of aromatic nitrogens is 2. The van der Waals surface area contributed by atoms with Crippen LogP contribution in [0.25, 0.3) is 10.9 Å². The van der Waals surface area contributed by atoms with Gasteiger partial charge >= 0.3 is 0 Å². The molecular weight excluding hydrogens is 314 g/mol. The van der Waals surface area contributed by atoms with Crippen LogP contribution in [0.15, 0.2) is 55.0 Å². The Morgan fingerprint density at radius 2 is 1.88 bits per heavy atom. The van der Waals surface area contributed by atoms with Crippen LogP contribution in [0.1, 0.15) is 26.3 Å². The molecule has 25 heavy (non-hydrogen) atoms. The molecule has 0 spiro atoms. The van der Waals surface area contributed by atoms with Gasteiger partial charge in [0.1, 0.15) is 12.4 Å². The molecule has 0 unspecified atom stereocenters. The third-order valence-electron chi connectivity index (χ3n) is 3.76. The number of anilines is 1. The van der Waals surface area contributed by atoms with Crippen LogP contribution < -0.4 is 10.1 Å². The number of pyridine rings is 2. The van der Waals surface area contributed by atoms with Crippen molar-refractivity contribution in [1.82, 2.24) is 9.97 Å². The van der Waals surface area contributed by atoms with Gasteiger partial charge in [0.05, 0.1) is 11.2 Å². The van der Waals surface area contributed by atoms with Crippen molar-refractivity contribution in [3.63, 3.8) is 0 Å². The topological polar surface area (TPSA) is 64.1 Å². The summed E-state index contributed by atoms with van der Waals surface area (Å²) in [5.41, 5.74) is 1.94. The van der Waals surface area contributed by atoms with Gasteiger partial charge in [0.2, 0.25) is 5.91 Å². The molecule has 5 nitrogen and oxygen atoms in total. The lowest BCUT2D eigenvalue weighted by Crippen LogP contribution is -2.27.